The Morgan fingerprint density at radius 2 is 1.47 bits per heavy atom. The maximum absolute atomic E-state index is 13.1. The molecule has 10 atom stereocenters. The molecule has 0 aliphatic carbocycles. The first-order valence-electron chi connectivity index (χ1n) is 12.9. The first kappa shape index (κ1) is 31.4. The summed E-state index contributed by atoms with van der Waals surface area (Å²) >= 11 is 11.2. The maximum Gasteiger partial charge on any atom is 0.325 e. The van der Waals surface area contributed by atoms with Gasteiger partial charge < -0.3 is 50.0 Å². The Kier molecular flexibility index (Phi) is 8.03. The number of aliphatic hydroxyl groups excluding tert-OH is 2. The van der Waals surface area contributed by atoms with Gasteiger partial charge in [0.15, 0.2) is 29.6 Å². The summed E-state index contributed by atoms with van der Waals surface area (Å²) in [6.45, 7) is -9.56. The molecule has 3 aliphatic rings. The summed E-state index contributed by atoms with van der Waals surface area (Å²) in [4.78, 5) is 54.8. The van der Waals surface area contributed by atoms with Crippen molar-refractivity contribution in [2.75, 3.05) is 24.7 Å². The van der Waals surface area contributed by atoms with Crippen molar-refractivity contribution in [3.63, 3.8) is 0 Å². The van der Waals surface area contributed by atoms with Crippen LogP contribution in [0.3, 0.4) is 0 Å². The number of fused-ring (bicyclic) bond motifs is 5. The van der Waals surface area contributed by atoms with Crippen LogP contribution < -0.4 is 16.3 Å². The van der Waals surface area contributed by atoms with Gasteiger partial charge in [-0.15, -0.1) is 0 Å². The molecule has 45 heavy (non-hydrogen) atoms. The highest BCUT2D eigenvalue weighted by atomic mass is 32.5. The molecule has 25 heteroatoms. The number of nitrogens with two attached hydrogens (primary N) is 2. The Morgan fingerprint density at radius 3 is 2.20 bits per heavy atom. The van der Waals surface area contributed by atoms with Crippen molar-refractivity contribution >= 4 is 81.5 Å². The molecular formula is C20H23N9O11P2S3. The number of aromatic nitrogens is 7. The van der Waals surface area contributed by atoms with E-state index < -0.39 is 80.6 Å². The van der Waals surface area contributed by atoms with Crippen LogP contribution in [-0.4, -0.2) is 104 Å². The third-order valence-electron chi connectivity index (χ3n) is 7.28. The number of hydrogen-bond donors (Lipinski definition) is 6. The van der Waals surface area contributed by atoms with E-state index in [2.05, 4.69) is 24.9 Å². The molecule has 4 aromatic heterocycles. The number of nitrogens with zero attached hydrogens (tertiary/aromatic N) is 7. The minimum absolute atomic E-state index is 0.0406. The van der Waals surface area contributed by atoms with Gasteiger partial charge in [-0.3, -0.25) is 23.0 Å². The number of nitrogen functional groups attached to an aromatic ring is 2. The van der Waals surface area contributed by atoms with Crippen molar-refractivity contribution < 1.29 is 47.6 Å². The molecule has 0 aromatic carbocycles. The topological polar surface area (TPSA) is 280 Å². The zero-order valence-electron chi connectivity index (χ0n) is 22.3. The summed E-state index contributed by atoms with van der Waals surface area (Å²) in [7, 11) is 0. The molecular weight excluding hydrogens is 700 g/mol. The zero-order chi connectivity index (χ0) is 31.8. The summed E-state index contributed by atoms with van der Waals surface area (Å²) in [5.41, 5.74) is 12.3. The molecule has 3 saturated heterocycles. The average molecular weight is 724 g/mol. The average Bonchev–Trinajstić information content (AvgIpc) is 3.71. The number of imidazole rings is 1. The number of thiazole rings is 1. The molecule has 20 nitrogen and oxygen atoms in total. The second kappa shape index (κ2) is 11.5. The summed E-state index contributed by atoms with van der Waals surface area (Å²) < 4.78 is 37.2. The largest absolute Gasteiger partial charge is 0.387 e. The third kappa shape index (κ3) is 5.60. The fourth-order valence-corrected chi connectivity index (χ4v) is 8.97. The van der Waals surface area contributed by atoms with E-state index in [1.54, 1.807) is 0 Å². The highest BCUT2D eigenvalue weighted by Crippen LogP contribution is 2.54. The summed E-state index contributed by atoms with van der Waals surface area (Å²) in [5.74, 6) is 0.135. The summed E-state index contributed by atoms with van der Waals surface area (Å²) in [6.07, 6.45) is -7.42. The van der Waals surface area contributed by atoms with Gasteiger partial charge in [0.25, 0.3) is 0 Å². The molecule has 0 saturated carbocycles. The van der Waals surface area contributed by atoms with Gasteiger partial charge in [-0.2, -0.15) is 0 Å². The normalized spacial score (nSPS) is 37.7. The van der Waals surface area contributed by atoms with Gasteiger partial charge in [-0.25, -0.2) is 24.9 Å². The lowest BCUT2D eigenvalue weighted by atomic mass is 10.1. The molecule has 7 heterocycles. The minimum Gasteiger partial charge on any atom is -0.387 e. The lowest BCUT2D eigenvalue weighted by Gasteiger charge is -2.28. The molecule has 4 aromatic rings. The zero-order valence-corrected chi connectivity index (χ0v) is 26.6. The van der Waals surface area contributed by atoms with E-state index in [-0.39, 0.29) is 33.1 Å². The lowest BCUT2D eigenvalue weighted by molar-refractivity contribution is -0.0610. The Morgan fingerprint density at radius 1 is 0.844 bits per heavy atom. The van der Waals surface area contributed by atoms with Gasteiger partial charge in [-0.1, -0.05) is 11.3 Å². The van der Waals surface area contributed by atoms with E-state index in [4.69, 9.17) is 62.6 Å². The minimum atomic E-state index is -4.26. The van der Waals surface area contributed by atoms with Crippen molar-refractivity contribution in [1.82, 2.24) is 34.1 Å². The van der Waals surface area contributed by atoms with Gasteiger partial charge >= 0.3 is 18.3 Å². The molecule has 0 amide bonds. The van der Waals surface area contributed by atoms with Crippen LogP contribution in [0.2, 0.25) is 0 Å². The first-order chi connectivity index (χ1) is 21.3. The molecule has 0 radical (unpaired) electrons. The maximum atomic E-state index is 13.1. The highest BCUT2D eigenvalue weighted by Gasteiger charge is 2.53. The van der Waals surface area contributed by atoms with E-state index >= 15 is 0 Å². The smallest absolute Gasteiger partial charge is 0.325 e. The molecule has 3 fully saturated rings. The second-order valence-electron chi connectivity index (χ2n) is 10.0. The predicted molar refractivity (Wildman–Crippen MR) is 160 cm³/mol. The fourth-order valence-electron chi connectivity index (χ4n) is 5.25. The van der Waals surface area contributed by atoms with Crippen LogP contribution in [0.1, 0.15) is 12.5 Å². The van der Waals surface area contributed by atoms with Crippen molar-refractivity contribution in [2.45, 2.75) is 49.1 Å². The van der Waals surface area contributed by atoms with Crippen LogP contribution in [0.25, 0.3) is 21.5 Å². The first-order valence-corrected chi connectivity index (χ1v) is 18.9. The van der Waals surface area contributed by atoms with Gasteiger partial charge in [0, 0.05) is 0 Å². The van der Waals surface area contributed by atoms with E-state index in [9.17, 15) is 24.8 Å². The van der Waals surface area contributed by atoms with E-state index in [1.807, 2.05) is 0 Å². The van der Waals surface area contributed by atoms with E-state index in [1.165, 1.54) is 17.2 Å². The van der Waals surface area contributed by atoms with E-state index in [0.717, 1.165) is 22.2 Å². The quantitative estimate of drug-likeness (QED) is 0.130. The third-order valence-corrected chi connectivity index (χ3v) is 11.4. The van der Waals surface area contributed by atoms with Crippen LogP contribution in [0.5, 0.6) is 0 Å². The van der Waals surface area contributed by atoms with Crippen molar-refractivity contribution in [3.05, 3.63) is 28.6 Å². The Bertz CT molecular complexity index is 1950. The van der Waals surface area contributed by atoms with E-state index in [0.29, 0.717) is 0 Å². The molecule has 8 N–H and O–H groups in total. The van der Waals surface area contributed by atoms with Gasteiger partial charge in [0.2, 0.25) is 0 Å². The lowest BCUT2D eigenvalue weighted by Crippen LogP contribution is -2.36. The number of anilines is 2. The van der Waals surface area contributed by atoms with Crippen LogP contribution in [0.15, 0.2) is 23.8 Å². The number of hydrogen-bond acceptors (Lipinski definition) is 19. The number of aliphatic hydroxyl groups is 2. The molecule has 0 spiro atoms. The molecule has 242 valence electrons. The van der Waals surface area contributed by atoms with Crippen molar-refractivity contribution in [1.29, 1.82) is 0 Å². The molecule has 2 unspecified atom stereocenters. The van der Waals surface area contributed by atoms with Gasteiger partial charge in [0.05, 0.1) is 19.5 Å². The Labute approximate surface area is 265 Å². The predicted octanol–water partition coefficient (Wildman–Crippen LogP) is -1.38. The molecule has 3 aliphatic heterocycles. The van der Waals surface area contributed by atoms with Crippen molar-refractivity contribution in [3.8, 4) is 0 Å². The summed E-state index contributed by atoms with van der Waals surface area (Å²) in [6, 6.07) is 0. The second-order valence-corrected chi connectivity index (χ2v) is 16.6. The number of ether oxygens (including phenoxy) is 2. The Balaban J connectivity index is 1.22. The Hall–Kier alpha value is -2.18. The molecule has 2 bridgehead atoms. The van der Waals surface area contributed by atoms with Gasteiger partial charge in [-0.05, 0) is 23.6 Å². The summed E-state index contributed by atoms with van der Waals surface area (Å²) in [5, 5.41) is 22.4. The van der Waals surface area contributed by atoms with Crippen molar-refractivity contribution in [2.24, 2.45) is 0 Å². The highest BCUT2D eigenvalue weighted by molar-refractivity contribution is 8.07. The van der Waals surface area contributed by atoms with Gasteiger partial charge in [0.1, 0.15) is 65.3 Å². The van der Waals surface area contributed by atoms with Crippen LogP contribution in [0, 0.1) is 0 Å². The van der Waals surface area contributed by atoms with Crippen LogP contribution in [0.4, 0.5) is 11.6 Å². The van der Waals surface area contributed by atoms with Crippen LogP contribution in [-0.2, 0) is 51.2 Å². The fraction of sp³-hybridized carbons (Fsp3) is 0.500. The van der Waals surface area contributed by atoms with Crippen LogP contribution >= 0.6 is 24.8 Å². The standard InChI is InChI=1S/C20H23N9O11P2S3/c21-14-8-16(25-3-23-14)28(5-27-8)18-10(31)11-7(38-18)2-36-42(34,44)40-12-9(30)6(1-35-41(33,43)39-11)37-19(12)29-17-13(45-20(29)32)15(22)24-4-26-17/h3-7,9-12,18-19,30-31H,1-2H2,(H,33,43)(H,34,44)(H2,21,23,25)(H2,22,24,26)/t6-,7-,9-,10-,11-,12-,18-,19-,41?,42?/m1/s1. The number of rotatable bonds is 2. The SMILES string of the molecule is Nc1ncnc2c1ncn2[C@@H]1O[C@@H]2COP(O)(=S)O[C@@H]3[C@H](O)[C@@H](COP(O)(=S)O[C@H]2[C@H]1O)O[C@H]3n1c(=O)sc2c(N)ncnc21. The monoisotopic (exact) mass is 723 g/mol. The molecule has 7 rings (SSSR count).